The summed E-state index contributed by atoms with van der Waals surface area (Å²) in [7, 11) is 0. The molecule has 1 aromatic carbocycles. The van der Waals surface area contributed by atoms with E-state index in [0.29, 0.717) is 29.0 Å². The number of phenols is 1. The smallest absolute Gasteiger partial charge is 0.303 e. The molecule has 0 fully saturated rings. The summed E-state index contributed by atoms with van der Waals surface area (Å²) in [6.07, 6.45) is 4.53. The Labute approximate surface area is 165 Å². The average molecular weight is 388 g/mol. The predicted octanol–water partition coefficient (Wildman–Crippen LogP) is 4.53. The molecule has 0 radical (unpaired) electrons. The molecule has 2 heterocycles. The molecule has 0 saturated carbocycles. The van der Waals surface area contributed by atoms with Gasteiger partial charge in [0.05, 0.1) is 17.9 Å². The maximum absolute atomic E-state index is 13.0. The van der Waals surface area contributed by atoms with E-state index in [1.807, 2.05) is 39.8 Å². The molecule has 152 valence electrons. The minimum atomic E-state index is -0.959. The van der Waals surface area contributed by atoms with Crippen LogP contribution in [0.3, 0.4) is 0 Å². The highest BCUT2D eigenvalue weighted by Gasteiger charge is 2.41. The highest BCUT2D eigenvalue weighted by Crippen LogP contribution is 2.53. The monoisotopic (exact) mass is 388 g/mol. The zero-order valence-electron chi connectivity index (χ0n) is 17.0. The molecule has 0 bridgehead atoms. The molecule has 6 heteroatoms. The number of rotatable bonds is 5. The van der Waals surface area contributed by atoms with E-state index in [4.69, 9.17) is 9.47 Å². The first kappa shape index (κ1) is 20.2. The minimum Gasteiger partial charge on any atom is -0.507 e. The molecular formula is C22H28O6. The van der Waals surface area contributed by atoms with Crippen molar-refractivity contribution in [1.82, 2.24) is 0 Å². The van der Waals surface area contributed by atoms with Crippen molar-refractivity contribution in [1.29, 1.82) is 0 Å². The van der Waals surface area contributed by atoms with Crippen LogP contribution in [0.5, 0.6) is 17.2 Å². The summed E-state index contributed by atoms with van der Waals surface area (Å²) in [6.45, 7) is 9.32. The summed E-state index contributed by atoms with van der Waals surface area (Å²) in [6, 6.07) is 0. The minimum absolute atomic E-state index is 0.138. The van der Waals surface area contributed by atoms with Crippen molar-refractivity contribution < 1.29 is 29.3 Å². The van der Waals surface area contributed by atoms with Gasteiger partial charge in [-0.05, 0) is 39.3 Å². The maximum Gasteiger partial charge on any atom is 0.303 e. The lowest BCUT2D eigenvalue weighted by molar-refractivity contribution is -0.137. The van der Waals surface area contributed by atoms with Crippen LogP contribution in [0.4, 0.5) is 0 Å². The summed E-state index contributed by atoms with van der Waals surface area (Å²) in [4.78, 5) is 24.5. The number of carbonyl (C=O) groups excluding carboxylic acids is 1. The Morgan fingerprint density at radius 1 is 1.29 bits per heavy atom. The van der Waals surface area contributed by atoms with E-state index in [0.717, 1.165) is 6.42 Å². The van der Waals surface area contributed by atoms with E-state index >= 15 is 0 Å². The van der Waals surface area contributed by atoms with Crippen molar-refractivity contribution in [2.24, 2.45) is 5.92 Å². The number of phenolic OH excluding ortho intramolecular Hbond substituents is 1. The number of hydrogen-bond acceptors (Lipinski definition) is 5. The van der Waals surface area contributed by atoms with Crippen LogP contribution in [-0.2, 0) is 4.79 Å². The Balaban J connectivity index is 2.32. The lowest BCUT2D eigenvalue weighted by Gasteiger charge is -2.36. The third kappa shape index (κ3) is 3.36. The van der Waals surface area contributed by atoms with Gasteiger partial charge in [0.2, 0.25) is 0 Å². The molecule has 2 aliphatic rings. The summed E-state index contributed by atoms with van der Waals surface area (Å²) < 4.78 is 12.2. The fourth-order valence-electron chi connectivity index (χ4n) is 3.94. The number of Topliss-reactive ketones (excluding diaryl/α,β-unsaturated/α-hetero) is 1. The number of carboxylic acid groups (broad SMARTS) is 1. The van der Waals surface area contributed by atoms with Crippen LogP contribution >= 0.6 is 0 Å². The Hall–Kier alpha value is -2.50. The van der Waals surface area contributed by atoms with Crippen LogP contribution in [0.25, 0.3) is 6.08 Å². The summed E-state index contributed by atoms with van der Waals surface area (Å²) >= 11 is 0. The van der Waals surface area contributed by atoms with E-state index in [1.165, 1.54) is 0 Å². The number of hydrogen-bond donors (Lipinski definition) is 2. The SMILES string of the molecule is CCC[C@H](CC(=O)O)c1c(O)c2c(c3c1OC(C)(C)C=C3)O[C@H](C)[C@@H](C)C2=O. The topological polar surface area (TPSA) is 93.1 Å². The first-order valence-electron chi connectivity index (χ1n) is 9.81. The molecule has 2 N–H and O–H groups in total. The largest absolute Gasteiger partial charge is 0.507 e. The molecule has 0 aromatic heterocycles. The fourth-order valence-corrected chi connectivity index (χ4v) is 3.94. The zero-order chi connectivity index (χ0) is 20.8. The Morgan fingerprint density at radius 3 is 2.57 bits per heavy atom. The van der Waals surface area contributed by atoms with Crippen LogP contribution in [0.15, 0.2) is 6.08 Å². The van der Waals surface area contributed by atoms with Crippen LogP contribution in [-0.4, -0.2) is 33.7 Å². The molecule has 3 rings (SSSR count). The number of aliphatic carboxylic acids is 1. The lowest BCUT2D eigenvalue weighted by atomic mass is 9.81. The van der Waals surface area contributed by atoms with Crippen molar-refractivity contribution in [2.45, 2.75) is 71.5 Å². The van der Waals surface area contributed by atoms with Crippen LogP contribution in [0, 0.1) is 5.92 Å². The molecule has 6 nitrogen and oxygen atoms in total. The number of fused-ring (bicyclic) bond motifs is 3. The molecule has 0 aliphatic carbocycles. The molecular weight excluding hydrogens is 360 g/mol. The van der Waals surface area contributed by atoms with E-state index in [-0.39, 0.29) is 29.6 Å². The average Bonchev–Trinajstić information content (AvgIpc) is 2.58. The van der Waals surface area contributed by atoms with E-state index < -0.39 is 23.4 Å². The third-order valence-corrected chi connectivity index (χ3v) is 5.60. The summed E-state index contributed by atoms with van der Waals surface area (Å²) in [5.74, 6) is -1.49. The Bertz CT molecular complexity index is 851. The van der Waals surface area contributed by atoms with Gasteiger partial charge in [-0.25, -0.2) is 0 Å². The number of carbonyl (C=O) groups is 2. The van der Waals surface area contributed by atoms with Crippen molar-refractivity contribution in [3.05, 3.63) is 22.8 Å². The van der Waals surface area contributed by atoms with E-state index in [1.54, 1.807) is 6.92 Å². The van der Waals surface area contributed by atoms with Gasteiger partial charge in [-0.2, -0.15) is 0 Å². The summed E-state index contributed by atoms with van der Waals surface area (Å²) in [5, 5.41) is 20.6. The van der Waals surface area contributed by atoms with Gasteiger partial charge in [0, 0.05) is 11.5 Å². The fraction of sp³-hybridized carbons (Fsp3) is 0.545. The number of ketones is 1. The number of carboxylic acids is 1. The van der Waals surface area contributed by atoms with E-state index in [2.05, 4.69) is 0 Å². The number of ether oxygens (including phenoxy) is 2. The maximum atomic E-state index is 13.0. The second-order valence-corrected chi connectivity index (χ2v) is 8.31. The second-order valence-electron chi connectivity index (χ2n) is 8.31. The van der Waals surface area contributed by atoms with Crippen LogP contribution in [0.2, 0.25) is 0 Å². The van der Waals surface area contributed by atoms with Crippen LogP contribution < -0.4 is 9.47 Å². The molecule has 1 aromatic rings. The van der Waals surface area contributed by atoms with Gasteiger partial charge < -0.3 is 19.7 Å². The third-order valence-electron chi connectivity index (χ3n) is 5.60. The first-order valence-corrected chi connectivity index (χ1v) is 9.81. The molecule has 28 heavy (non-hydrogen) atoms. The number of aromatic hydroxyl groups is 1. The van der Waals surface area contributed by atoms with Gasteiger partial charge in [-0.3, -0.25) is 9.59 Å². The van der Waals surface area contributed by atoms with Crippen molar-refractivity contribution in [3.8, 4) is 17.2 Å². The molecule has 0 amide bonds. The second kappa shape index (κ2) is 7.15. The Kier molecular flexibility index (Phi) is 5.17. The molecule has 0 unspecified atom stereocenters. The highest BCUT2D eigenvalue weighted by atomic mass is 16.5. The van der Waals surface area contributed by atoms with Gasteiger partial charge in [0.1, 0.15) is 34.5 Å². The molecule has 3 atom stereocenters. The number of benzene rings is 1. The first-order chi connectivity index (χ1) is 13.1. The van der Waals surface area contributed by atoms with Gasteiger partial charge >= 0.3 is 5.97 Å². The highest BCUT2D eigenvalue weighted by molar-refractivity contribution is 6.06. The summed E-state index contributed by atoms with van der Waals surface area (Å²) in [5.41, 5.74) is 0.508. The standard InChI is InChI=1S/C22H28O6/c1-6-7-13(10-15(23)24)16-19(26)17-18(25)11(2)12(3)27-20(17)14-8-9-22(4,5)28-21(14)16/h8-9,11-13,26H,6-7,10H2,1-5H3,(H,23,24)/t11-,12-,13-/m1/s1. The molecule has 0 saturated heterocycles. The van der Waals surface area contributed by atoms with Crippen molar-refractivity contribution in [3.63, 3.8) is 0 Å². The quantitative estimate of drug-likeness (QED) is 0.769. The van der Waals surface area contributed by atoms with Gasteiger partial charge in [-0.15, -0.1) is 0 Å². The lowest BCUT2D eigenvalue weighted by Crippen LogP contribution is -2.35. The van der Waals surface area contributed by atoms with Crippen LogP contribution in [0.1, 0.15) is 81.3 Å². The normalized spacial score (nSPS) is 23.2. The zero-order valence-corrected chi connectivity index (χ0v) is 17.0. The van der Waals surface area contributed by atoms with E-state index in [9.17, 15) is 19.8 Å². The van der Waals surface area contributed by atoms with Crippen molar-refractivity contribution in [2.75, 3.05) is 0 Å². The predicted molar refractivity (Wildman–Crippen MR) is 105 cm³/mol. The molecule has 0 spiro atoms. The van der Waals surface area contributed by atoms with Gasteiger partial charge in [0.15, 0.2) is 5.78 Å². The Morgan fingerprint density at radius 2 is 1.96 bits per heavy atom. The van der Waals surface area contributed by atoms with Gasteiger partial charge in [-0.1, -0.05) is 20.3 Å². The van der Waals surface area contributed by atoms with Crippen molar-refractivity contribution >= 4 is 17.8 Å². The molecule has 2 aliphatic heterocycles. The van der Waals surface area contributed by atoms with Gasteiger partial charge in [0.25, 0.3) is 0 Å².